The molecule has 108 valence electrons. The van der Waals surface area contributed by atoms with Gasteiger partial charge in [0.2, 0.25) is 0 Å². The topological polar surface area (TPSA) is 35.5 Å². The fourth-order valence-corrected chi connectivity index (χ4v) is 1.77. The first kappa shape index (κ1) is 18.0. The maximum absolute atomic E-state index is 11.6. The van der Waals surface area contributed by atoms with E-state index in [0.29, 0.717) is 5.75 Å². The summed E-state index contributed by atoms with van der Waals surface area (Å²) in [5.74, 6) is 0.408. The SMILES string of the molecule is CC.COC(=O)C(Oc1cccc(CBr)c1)C(C)C. The van der Waals surface area contributed by atoms with Crippen molar-refractivity contribution in [2.24, 2.45) is 5.92 Å². The van der Waals surface area contributed by atoms with Crippen LogP contribution in [0.1, 0.15) is 33.3 Å². The lowest BCUT2D eigenvalue weighted by molar-refractivity contribution is -0.150. The molecule has 1 rings (SSSR count). The molecule has 0 spiro atoms. The number of methoxy groups -OCH3 is 1. The normalized spacial score (nSPS) is 11.3. The van der Waals surface area contributed by atoms with Crippen molar-refractivity contribution in [2.45, 2.75) is 39.1 Å². The maximum atomic E-state index is 11.6. The van der Waals surface area contributed by atoms with Gasteiger partial charge in [0.1, 0.15) is 5.75 Å². The van der Waals surface area contributed by atoms with E-state index in [1.54, 1.807) is 0 Å². The van der Waals surface area contributed by atoms with Gasteiger partial charge in [-0.2, -0.15) is 0 Å². The second-order valence-corrected chi connectivity index (χ2v) is 4.65. The lowest BCUT2D eigenvalue weighted by atomic mass is 10.1. The summed E-state index contributed by atoms with van der Waals surface area (Å²) in [6.45, 7) is 7.85. The van der Waals surface area contributed by atoms with Gasteiger partial charge in [-0.05, 0) is 17.7 Å². The average Bonchev–Trinajstić information content (AvgIpc) is 2.46. The average molecular weight is 331 g/mol. The second-order valence-electron chi connectivity index (χ2n) is 4.09. The molecule has 4 heteroatoms. The van der Waals surface area contributed by atoms with E-state index < -0.39 is 6.10 Å². The van der Waals surface area contributed by atoms with E-state index in [4.69, 9.17) is 9.47 Å². The Balaban J connectivity index is 0.00000154. The first-order valence-electron chi connectivity index (χ1n) is 6.48. The van der Waals surface area contributed by atoms with Crippen LogP contribution in [0.25, 0.3) is 0 Å². The molecule has 0 saturated heterocycles. The molecule has 0 aliphatic carbocycles. The Morgan fingerprint density at radius 3 is 2.42 bits per heavy atom. The third-order valence-electron chi connectivity index (χ3n) is 2.35. The molecule has 1 unspecified atom stereocenters. The van der Waals surface area contributed by atoms with Gasteiger partial charge in [-0.15, -0.1) is 0 Å². The minimum absolute atomic E-state index is 0.0649. The molecular weight excluding hydrogens is 308 g/mol. The zero-order valence-electron chi connectivity index (χ0n) is 12.3. The molecule has 0 saturated carbocycles. The third kappa shape index (κ3) is 6.10. The van der Waals surface area contributed by atoms with Crippen molar-refractivity contribution in [3.05, 3.63) is 29.8 Å². The van der Waals surface area contributed by atoms with Crippen LogP contribution in [0.3, 0.4) is 0 Å². The predicted molar refractivity (Wildman–Crippen MR) is 81.7 cm³/mol. The third-order valence-corrected chi connectivity index (χ3v) is 3.00. The van der Waals surface area contributed by atoms with Crippen LogP contribution in [0.4, 0.5) is 0 Å². The van der Waals surface area contributed by atoms with E-state index in [1.165, 1.54) is 7.11 Å². The van der Waals surface area contributed by atoms with Crippen molar-refractivity contribution < 1.29 is 14.3 Å². The summed E-state index contributed by atoms with van der Waals surface area (Å²) in [6.07, 6.45) is -0.564. The highest BCUT2D eigenvalue weighted by atomic mass is 79.9. The first-order valence-corrected chi connectivity index (χ1v) is 7.60. The van der Waals surface area contributed by atoms with Gasteiger partial charge in [0.25, 0.3) is 0 Å². The molecule has 19 heavy (non-hydrogen) atoms. The van der Waals surface area contributed by atoms with Crippen molar-refractivity contribution in [3.8, 4) is 5.75 Å². The van der Waals surface area contributed by atoms with Crippen molar-refractivity contribution in [2.75, 3.05) is 7.11 Å². The van der Waals surface area contributed by atoms with Crippen LogP contribution >= 0.6 is 15.9 Å². The molecular formula is C15H23BrO3. The molecule has 0 radical (unpaired) electrons. The summed E-state index contributed by atoms with van der Waals surface area (Å²) >= 11 is 3.38. The van der Waals surface area contributed by atoms with Gasteiger partial charge in [0.15, 0.2) is 6.10 Å². The number of halogens is 1. The molecule has 0 bridgehead atoms. The van der Waals surface area contributed by atoms with E-state index in [9.17, 15) is 4.79 Å². The molecule has 0 aliphatic heterocycles. The number of esters is 1. The molecule has 0 heterocycles. The van der Waals surface area contributed by atoms with Gasteiger partial charge in [0.05, 0.1) is 7.11 Å². The zero-order chi connectivity index (χ0) is 14.8. The Bertz CT molecular complexity index is 377. The summed E-state index contributed by atoms with van der Waals surface area (Å²) in [6, 6.07) is 7.64. The van der Waals surface area contributed by atoms with Crippen LogP contribution in [0.2, 0.25) is 0 Å². The highest BCUT2D eigenvalue weighted by molar-refractivity contribution is 9.08. The summed E-state index contributed by atoms with van der Waals surface area (Å²) in [5, 5.41) is 0.759. The fourth-order valence-electron chi connectivity index (χ4n) is 1.42. The Morgan fingerprint density at radius 2 is 1.95 bits per heavy atom. The number of ether oxygens (including phenoxy) is 2. The predicted octanol–water partition coefficient (Wildman–Crippen LogP) is 4.18. The smallest absolute Gasteiger partial charge is 0.347 e. The largest absolute Gasteiger partial charge is 0.478 e. The monoisotopic (exact) mass is 330 g/mol. The van der Waals surface area contributed by atoms with Gasteiger partial charge in [-0.3, -0.25) is 0 Å². The maximum Gasteiger partial charge on any atom is 0.347 e. The number of benzene rings is 1. The van der Waals surface area contributed by atoms with Crippen molar-refractivity contribution in [1.29, 1.82) is 0 Å². The molecule has 0 N–H and O–H groups in total. The minimum Gasteiger partial charge on any atom is -0.478 e. The summed E-state index contributed by atoms with van der Waals surface area (Å²) in [5.41, 5.74) is 1.11. The van der Waals surface area contributed by atoms with Crippen LogP contribution in [-0.4, -0.2) is 19.2 Å². The summed E-state index contributed by atoms with van der Waals surface area (Å²) in [7, 11) is 1.37. The Morgan fingerprint density at radius 1 is 1.32 bits per heavy atom. The molecule has 0 aromatic heterocycles. The highest BCUT2D eigenvalue weighted by Gasteiger charge is 2.24. The molecule has 0 fully saturated rings. The Kier molecular flexibility index (Phi) is 9.31. The second kappa shape index (κ2) is 9.84. The summed E-state index contributed by atoms with van der Waals surface area (Å²) < 4.78 is 10.4. The number of rotatable bonds is 5. The van der Waals surface area contributed by atoms with E-state index in [-0.39, 0.29) is 11.9 Å². The van der Waals surface area contributed by atoms with E-state index in [1.807, 2.05) is 52.0 Å². The van der Waals surface area contributed by atoms with Crippen LogP contribution < -0.4 is 4.74 Å². The molecule has 1 atom stereocenters. The molecule has 3 nitrogen and oxygen atoms in total. The number of carbonyl (C=O) groups excluding carboxylic acids is 1. The van der Waals surface area contributed by atoms with E-state index in [0.717, 1.165) is 10.9 Å². The number of alkyl halides is 1. The molecule has 1 aromatic carbocycles. The standard InChI is InChI=1S/C13H17BrO3.C2H6/c1-9(2)12(13(15)16-3)17-11-6-4-5-10(7-11)8-14;1-2/h4-7,9,12H,8H2,1-3H3;1-2H3. The lowest BCUT2D eigenvalue weighted by Crippen LogP contribution is -2.33. The van der Waals surface area contributed by atoms with Gasteiger partial charge >= 0.3 is 5.97 Å². The van der Waals surface area contributed by atoms with Gasteiger partial charge in [-0.25, -0.2) is 4.79 Å². The minimum atomic E-state index is -0.564. The molecule has 0 aliphatic rings. The van der Waals surface area contributed by atoms with Crippen molar-refractivity contribution >= 4 is 21.9 Å². The quantitative estimate of drug-likeness (QED) is 0.600. The van der Waals surface area contributed by atoms with Crippen molar-refractivity contribution in [1.82, 2.24) is 0 Å². The fraction of sp³-hybridized carbons (Fsp3) is 0.533. The first-order chi connectivity index (χ1) is 9.08. The van der Waals surface area contributed by atoms with Gasteiger partial charge in [-0.1, -0.05) is 55.8 Å². The lowest BCUT2D eigenvalue weighted by Gasteiger charge is -2.20. The molecule has 0 amide bonds. The van der Waals surface area contributed by atoms with E-state index >= 15 is 0 Å². The summed E-state index contributed by atoms with van der Waals surface area (Å²) in [4.78, 5) is 11.6. The Labute approximate surface area is 124 Å². The van der Waals surface area contributed by atoms with Crippen LogP contribution in [-0.2, 0) is 14.9 Å². The zero-order valence-corrected chi connectivity index (χ0v) is 13.9. The number of hydrogen-bond donors (Lipinski definition) is 0. The molecule has 1 aromatic rings. The highest BCUT2D eigenvalue weighted by Crippen LogP contribution is 2.19. The van der Waals surface area contributed by atoms with Crippen molar-refractivity contribution in [3.63, 3.8) is 0 Å². The van der Waals surface area contributed by atoms with Gasteiger partial charge in [0, 0.05) is 11.2 Å². The van der Waals surface area contributed by atoms with Gasteiger partial charge < -0.3 is 9.47 Å². The van der Waals surface area contributed by atoms with Crippen LogP contribution in [0.5, 0.6) is 5.75 Å². The van der Waals surface area contributed by atoms with E-state index in [2.05, 4.69) is 15.9 Å². The van der Waals surface area contributed by atoms with Crippen LogP contribution in [0, 0.1) is 5.92 Å². The number of carbonyl (C=O) groups is 1. The Hall–Kier alpha value is -1.03. The number of hydrogen-bond acceptors (Lipinski definition) is 3. The van der Waals surface area contributed by atoms with Crippen LogP contribution in [0.15, 0.2) is 24.3 Å².